The number of rotatable bonds is 5. The molecule has 0 radical (unpaired) electrons. The van der Waals surface area contributed by atoms with E-state index < -0.39 is 11.5 Å². The fourth-order valence-electron chi connectivity index (χ4n) is 2.87. The van der Waals surface area contributed by atoms with Gasteiger partial charge in [-0.3, -0.25) is 4.79 Å². The van der Waals surface area contributed by atoms with Gasteiger partial charge in [-0.15, -0.1) is 0 Å². The molecule has 3 rings (SSSR count). The fraction of sp³-hybridized carbons (Fsp3) is 0.278. The smallest absolute Gasteiger partial charge is 0.174 e. The first-order valence-corrected chi connectivity index (χ1v) is 7.53. The summed E-state index contributed by atoms with van der Waals surface area (Å²) in [5.74, 6) is -0.794. The minimum atomic E-state index is -0.398. The largest absolute Gasteiger partial charge is 0.508 e. The summed E-state index contributed by atoms with van der Waals surface area (Å²) >= 11 is 0. The topological polar surface area (TPSA) is 87.0 Å². The summed E-state index contributed by atoms with van der Waals surface area (Å²) in [7, 11) is 0. The summed E-state index contributed by atoms with van der Waals surface area (Å²) in [5, 5.41) is 28.9. The summed E-state index contributed by atoms with van der Waals surface area (Å²) in [6.07, 6.45) is 0.673. The molecule has 2 atom stereocenters. The van der Waals surface area contributed by atoms with E-state index in [1.165, 1.54) is 0 Å². The first-order chi connectivity index (χ1) is 11.0. The molecule has 0 saturated heterocycles. The highest BCUT2D eigenvalue weighted by Gasteiger charge is 2.45. The number of aromatic hydroxyl groups is 3. The van der Waals surface area contributed by atoms with Crippen LogP contribution in [0.2, 0.25) is 0 Å². The average molecular weight is 314 g/mol. The highest BCUT2D eigenvalue weighted by molar-refractivity contribution is 6.04. The van der Waals surface area contributed by atoms with Crippen LogP contribution >= 0.6 is 0 Å². The van der Waals surface area contributed by atoms with E-state index in [9.17, 15) is 20.1 Å². The number of ether oxygens (including phenoxy) is 1. The van der Waals surface area contributed by atoms with Crippen molar-refractivity contribution >= 4 is 5.78 Å². The highest BCUT2D eigenvalue weighted by Crippen LogP contribution is 2.51. The van der Waals surface area contributed by atoms with Gasteiger partial charge in [0.15, 0.2) is 5.78 Å². The van der Waals surface area contributed by atoms with Gasteiger partial charge in [-0.2, -0.15) is 0 Å². The van der Waals surface area contributed by atoms with E-state index in [2.05, 4.69) is 0 Å². The van der Waals surface area contributed by atoms with E-state index in [1.807, 2.05) is 31.2 Å². The standard InChI is InChI=1S/C18H18O5/c1-2-23-12-5-3-10(4-6-12)13-9-14(13)18(22)17-15(20)7-11(19)8-16(17)21/h3-8,13-14,19-21H,2,9H2,1H3. The molecule has 1 aliphatic rings. The van der Waals surface area contributed by atoms with Crippen molar-refractivity contribution in [2.24, 2.45) is 5.92 Å². The number of carbonyl (C=O) groups excluding carboxylic acids is 1. The third-order valence-electron chi connectivity index (χ3n) is 4.07. The van der Waals surface area contributed by atoms with Crippen LogP contribution in [0.1, 0.15) is 35.2 Å². The Morgan fingerprint density at radius 1 is 1.13 bits per heavy atom. The Morgan fingerprint density at radius 3 is 2.30 bits per heavy atom. The predicted molar refractivity (Wildman–Crippen MR) is 84.2 cm³/mol. The molecule has 1 aliphatic carbocycles. The van der Waals surface area contributed by atoms with Gasteiger partial charge in [0.2, 0.25) is 0 Å². The fourth-order valence-corrected chi connectivity index (χ4v) is 2.87. The van der Waals surface area contributed by atoms with Crippen LogP contribution in [0, 0.1) is 5.92 Å². The van der Waals surface area contributed by atoms with E-state index >= 15 is 0 Å². The van der Waals surface area contributed by atoms with Crippen molar-refractivity contribution in [1.29, 1.82) is 0 Å². The molecule has 2 aromatic rings. The zero-order chi connectivity index (χ0) is 16.6. The second-order valence-electron chi connectivity index (χ2n) is 5.67. The maximum absolute atomic E-state index is 12.5. The molecule has 0 bridgehead atoms. The lowest BCUT2D eigenvalue weighted by molar-refractivity contribution is 0.0960. The Labute approximate surface area is 133 Å². The molecule has 5 heteroatoms. The van der Waals surface area contributed by atoms with Crippen molar-refractivity contribution in [2.75, 3.05) is 6.61 Å². The van der Waals surface area contributed by atoms with Crippen molar-refractivity contribution in [3.8, 4) is 23.0 Å². The molecule has 0 heterocycles. The molecule has 2 aromatic carbocycles. The SMILES string of the molecule is CCOc1ccc(C2CC2C(=O)c2c(O)cc(O)cc2O)cc1. The van der Waals surface area contributed by atoms with Crippen LogP contribution in [0.25, 0.3) is 0 Å². The Balaban J connectivity index is 1.76. The van der Waals surface area contributed by atoms with Crippen molar-refractivity contribution in [2.45, 2.75) is 19.3 Å². The van der Waals surface area contributed by atoms with E-state index in [1.54, 1.807) is 0 Å². The number of hydrogen-bond acceptors (Lipinski definition) is 5. The Hall–Kier alpha value is -2.69. The number of phenolic OH excluding ortho intramolecular Hbond substituents is 3. The Bertz CT molecular complexity index is 713. The second kappa shape index (κ2) is 5.83. The number of carbonyl (C=O) groups is 1. The number of hydrogen-bond donors (Lipinski definition) is 3. The maximum Gasteiger partial charge on any atom is 0.174 e. The average Bonchev–Trinajstić information content (AvgIpc) is 3.27. The third kappa shape index (κ3) is 2.95. The van der Waals surface area contributed by atoms with Gasteiger partial charge in [0.1, 0.15) is 28.6 Å². The van der Waals surface area contributed by atoms with Gasteiger partial charge >= 0.3 is 0 Å². The van der Waals surface area contributed by atoms with E-state index in [-0.39, 0.29) is 28.9 Å². The summed E-state index contributed by atoms with van der Waals surface area (Å²) in [5.41, 5.74) is 0.908. The van der Waals surface area contributed by atoms with Crippen LogP contribution in [-0.2, 0) is 0 Å². The van der Waals surface area contributed by atoms with Crippen LogP contribution in [0.5, 0.6) is 23.0 Å². The maximum atomic E-state index is 12.5. The predicted octanol–water partition coefficient (Wildman–Crippen LogP) is 3.19. The first-order valence-electron chi connectivity index (χ1n) is 7.53. The molecule has 0 spiro atoms. The minimum absolute atomic E-state index is 0.0748. The highest BCUT2D eigenvalue weighted by atomic mass is 16.5. The minimum Gasteiger partial charge on any atom is -0.508 e. The molecule has 5 nitrogen and oxygen atoms in total. The Kier molecular flexibility index (Phi) is 3.86. The van der Waals surface area contributed by atoms with Gasteiger partial charge < -0.3 is 20.1 Å². The van der Waals surface area contributed by atoms with Gasteiger partial charge in [-0.1, -0.05) is 12.1 Å². The summed E-state index contributed by atoms with van der Waals surface area (Å²) in [6.45, 7) is 2.52. The van der Waals surface area contributed by atoms with Crippen molar-refractivity contribution < 1.29 is 24.9 Å². The van der Waals surface area contributed by atoms with Crippen LogP contribution < -0.4 is 4.74 Å². The van der Waals surface area contributed by atoms with Crippen molar-refractivity contribution in [3.05, 3.63) is 47.5 Å². The first kappa shape index (κ1) is 15.2. The number of phenols is 3. The number of benzene rings is 2. The molecule has 2 unspecified atom stereocenters. The Morgan fingerprint density at radius 2 is 1.74 bits per heavy atom. The molecular weight excluding hydrogens is 296 g/mol. The third-order valence-corrected chi connectivity index (χ3v) is 4.07. The summed E-state index contributed by atoms with van der Waals surface area (Å²) in [4.78, 5) is 12.5. The zero-order valence-electron chi connectivity index (χ0n) is 12.7. The molecule has 1 saturated carbocycles. The van der Waals surface area contributed by atoms with Gasteiger partial charge in [-0.25, -0.2) is 0 Å². The number of Topliss-reactive ketones (excluding diaryl/α,β-unsaturated/α-hetero) is 1. The zero-order valence-corrected chi connectivity index (χ0v) is 12.7. The lowest BCUT2D eigenvalue weighted by Crippen LogP contribution is -2.04. The molecule has 0 amide bonds. The van der Waals surface area contributed by atoms with E-state index in [0.29, 0.717) is 13.0 Å². The van der Waals surface area contributed by atoms with Crippen molar-refractivity contribution in [3.63, 3.8) is 0 Å². The molecule has 3 N–H and O–H groups in total. The van der Waals surface area contributed by atoms with Gasteiger partial charge in [0.25, 0.3) is 0 Å². The number of ketones is 1. The molecule has 23 heavy (non-hydrogen) atoms. The van der Waals surface area contributed by atoms with Crippen LogP contribution in [0.3, 0.4) is 0 Å². The lowest BCUT2D eigenvalue weighted by atomic mass is 10.0. The monoisotopic (exact) mass is 314 g/mol. The molecule has 1 fully saturated rings. The van der Waals surface area contributed by atoms with E-state index in [0.717, 1.165) is 23.4 Å². The van der Waals surface area contributed by atoms with Gasteiger partial charge in [0, 0.05) is 18.1 Å². The van der Waals surface area contributed by atoms with Crippen LogP contribution in [0.15, 0.2) is 36.4 Å². The quantitative estimate of drug-likeness (QED) is 0.738. The lowest BCUT2D eigenvalue weighted by Gasteiger charge is -2.08. The molecule has 0 aliphatic heterocycles. The summed E-state index contributed by atoms with van der Waals surface area (Å²) in [6, 6.07) is 9.71. The van der Waals surface area contributed by atoms with E-state index in [4.69, 9.17) is 4.74 Å². The van der Waals surface area contributed by atoms with Crippen LogP contribution in [0.4, 0.5) is 0 Å². The second-order valence-corrected chi connectivity index (χ2v) is 5.67. The summed E-state index contributed by atoms with van der Waals surface area (Å²) < 4.78 is 5.39. The van der Waals surface area contributed by atoms with Gasteiger partial charge in [0.05, 0.1) is 6.61 Å². The van der Waals surface area contributed by atoms with Crippen molar-refractivity contribution in [1.82, 2.24) is 0 Å². The normalized spacial score (nSPS) is 19.3. The molecule has 0 aromatic heterocycles. The molecular formula is C18H18O5. The molecule has 120 valence electrons. The van der Waals surface area contributed by atoms with Gasteiger partial charge in [-0.05, 0) is 37.0 Å². The van der Waals surface area contributed by atoms with Crippen LogP contribution in [-0.4, -0.2) is 27.7 Å².